The van der Waals surface area contributed by atoms with Crippen LogP contribution in [0.5, 0.6) is 5.75 Å². The van der Waals surface area contributed by atoms with Crippen LogP contribution in [-0.4, -0.2) is 6.61 Å². The normalized spacial score (nSPS) is 10.5. The summed E-state index contributed by atoms with van der Waals surface area (Å²) in [6, 6.07) is 10.3. The molecule has 0 radical (unpaired) electrons. The average molecular weight is 247 g/mol. The molecule has 2 aromatic rings. The lowest BCUT2D eigenvalue weighted by Crippen LogP contribution is -2.02. The molecule has 1 aromatic carbocycles. The van der Waals surface area contributed by atoms with Crippen molar-refractivity contribution in [3.05, 3.63) is 51.7 Å². The molecule has 90 valence electrons. The number of ether oxygens (including phenoxy) is 1. The number of thiophene rings is 1. The van der Waals surface area contributed by atoms with E-state index in [4.69, 9.17) is 10.5 Å². The molecular formula is C14H17NOS. The first-order chi connectivity index (χ1) is 8.29. The molecule has 1 aromatic heterocycles. The van der Waals surface area contributed by atoms with Gasteiger partial charge in [0, 0.05) is 17.8 Å². The first-order valence-corrected chi connectivity index (χ1v) is 6.62. The van der Waals surface area contributed by atoms with Crippen LogP contribution in [-0.2, 0) is 13.0 Å². The van der Waals surface area contributed by atoms with Crippen molar-refractivity contribution in [2.45, 2.75) is 19.9 Å². The van der Waals surface area contributed by atoms with Crippen LogP contribution in [0.25, 0.3) is 0 Å². The number of hydrogen-bond acceptors (Lipinski definition) is 3. The molecule has 0 aliphatic carbocycles. The highest BCUT2D eigenvalue weighted by molar-refractivity contribution is 7.09. The van der Waals surface area contributed by atoms with E-state index in [0.29, 0.717) is 6.54 Å². The maximum Gasteiger partial charge on any atom is 0.122 e. The van der Waals surface area contributed by atoms with Gasteiger partial charge in [-0.25, -0.2) is 0 Å². The van der Waals surface area contributed by atoms with Crippen LogP contribution in [0.15, 0.2) is 35.7 Å². The molecule has 0 aliphatic heterocycles. The van der Waals surface area contributed by atoms with Gasteiger partial charge >= 0.3 is 0 Å². The summed E-state index contributed by atoms with van der Waals surface area (Å²) < 4.78 is 5.78. The topological polar surface area (TPSA) is 35.2 Å². The molecule has 0 fully saturated rings. The summed E-state index contributed by atoms with van der Waals surface area (Å²) in [5.41, 5.74) is 7.89. The molecule has 0 aliphatic rings. The van der Waals surface area contributed by atoms with E-state index in [0.717, 1.165) is 29.9 Å². The number of nitrogens with two attached hydrogens (primary N) is 1. The highest BCUT2D eigenvalue weighted by Crippen LogP contribution is 2.19. The third kappa shape index (κ3) is 3.32. The second kappa shape index (κ2) is 5.84. The van der Waals surface area contributed by atoms with Gasteiger partial charge in [-0.3, -0.25) is 0 Å². The molecule has 1 heterocycles. The van der Waals surface area contributed by atoms with Gasteiger partial charge in [-0.2, -0.15) is 0 Å². The zero-order valence-corrected chi connectivity index (χ0v) is 10.8. The Balaban J connectivity index is 1.90. The van der Waals surface area contributed by atoms with Gasteiger partial charge in [0.2, 0.25) is 0 Å². The van der Waals surface area contributed by atoms with Gasteiger partial charge in [-0.05, 0) is 35.6 Å². The molecule has 0 atom stereocenters. The van der Waals surface area contributed by atoms with Crippen molar-refractivity contribution in [1.82, 2.24) is 0 Å². The van der Waals surface area contributed by atoms with Crippen LogP contribution in [0.2, 0.25) is 0 Å². The van der Waals surface area contributed by atoms with Crippen molar-refractivity contribution < 1.29 is 4.74 Å². The Kier molecular flexibility index (Phi) is 4.18. The summed E-state index contributed by atoms with van der Waals surface area (Å²) in [5, 5.41) is 2.09. The highest BCUT2D eigenvalue weighted by atomic mass is 32.1. The standard InChI is InChI=1S/C14H17NOS/c1-11-9-12(10-15)4-5-14(11)16-7-6-13-3-2-8-17-13/h2-5,8-9H,6-7,10,15H2,1H3. The van der Waals surface area contributed by atoms with Gasteiger partial charge in [0.1, 0.15) is 5.75 Å². The summed E-state index contributed by atoms with van der Waals surface area (Å²) >= 11 is 1.77. The largest absolute Gasteiger partial charge is 0.493 e. The maximum atomic E-state index is 5.78. The fourth-order valence-electron chi connectivity index (χ4n) is 1.72. The van der Waals surface area contributed by atoms with Crippen molar-refractivity contribution in [1.29, 1.82) is 0 Å². The molecule has 2 rings (SSSR count). The van der Waals surface area contributed by atoms with E-state index < -0.39 is 0 Å². The second-order valence-electron chi connectivity index (χ2n) is 3.98. The average Bonchev–Trinajstić information content (AvgIpc) is 2.84. The molecule has 0 bridgehead atoms. The predicted molar refractivity (Wildman–Crippen MR) is 72.6 cm³/mol. The van der Waals surface area contributed by atoms with Gasteiger partial charge < -0.3 is 10.5 Å². The minimum absolute atomic E-state index is 0.580. The summed E-state index contributed by atoms with van der Waals surface area (Å²) in [6.07, 6.45) is 0.968. The summed E-state index contributed by atoms with van der Waals surface area (Å²) in [6.45, 7) is 3.36. The third-order valence-corrected chi connectivity index (χ3v) is 3.60. The number of rotatable bonds is 5. The predicted octanol–water partition coefficient (Wildman–Crippen LogP) is 3.14. The van der Waals surface area contributed by atoms with E-state index in [2.05, 4.69) is 30.5 Å². The Bertz CT molecular complexity index is 465. The van der Waals surface area contributed by atoms with E-state index in [1.807, 2.05) is 12.1 Å². The Morgan fingerprint density at radius 2 is 2.18 bits per heavy atom. The first kappa shape index (κ1) is 12.1. The summed E-state index contributed by atoms with van der Waals surface area (Å²) in [4.78, 5) is 1.36. The zero-order chi connectivity index (χ0) is 12.1. The second-order valence-corrected chi connectivity index (χ2v) is 5.01. The molecule has 3 heteroatoms. The highest BCUT2D eigenvalue weighted by Gasteiger charge is 2.01. The summed E-state index contributed by atoms with van der Waals surface area (Å²) in [7, 11) is 0. The lowest BCUT2D eigenvalue weighted by molar-refractivity contribution is 0.320. The Hall–Kier alpha value is -1.32. The Labute approximate surface area is 106 Å². The number of aryl methyl sites for hydroxylation is 1. The lowest BCUT2D eigenvalue weighted by Gasteiger charge is -2.09. The maximum absolute atomic E-state index is 5.78. The van der Waals surface area contributed by atoms with Crippen molar-refractivity contribution in [3.8, 4) is 5.75 Å². The molecule has 2 N–H and O–H groups in total. The van der Waals surface area contributed by atoms with E-state index in [9.17, 15) is 0 Å². The van der Waals surface area contributed by atoms with Crippen LogP contribution >= 0.6 is 11.3 Å². The van der Waals surface area contributed by atoms with Gasteiger partial charge in [0.25, 0.3) is 0 Å². The lowest BCUT2D eigenvalue weighted by atomic mass is 10.1. The number of hydrogen-bond donors (Lipinski definition) is 1. The van der Waals surface area contributed by atoms with Crippen molar-refractivity contribution >= 4 is 11.3 Å². The molecule has 0 saturated heterocycles. The van der Waals surface area contributed by atoms with Crippen molar-refractivity contribution in [2.24, 2.45) is 5.73 Å². The van der Waals surface area contributed by atoms with Gasteiger partial charge in [-0.1, -0.05) is 18.2 Å². The molecule has 2 nitrogen and oxygen atoms in total. The molecule has 0 spiro atoms. The van der Waals surface area contributed by atoms with Crippen LogP contribution in [0.1, 0.15) is 16.0 Å². The monoisotopic (exact) mass is 247 g/mol. The molecule has 0 amide bonds. The van der Waals surface area contributed by atoms with Crippen molar-refractivity contribution in [2.75, 3.05) is 6.61 Å². The zero-order valence-electron chi connectivity index (χ0n) is 9.98. The van der Waals surface area contributed by atoms with Crippen LogP contribution < -0.4 is 10.5 Å². The number of benzene rings is 1. The van der Waals surface area contributed by atoms with Gasteiger partial charge in [-0.15, -0.1) is 11.3 Å². The van der Waals surface area contributed by atoms with Crippen LogP contribution in [0.3, 0.4) is 0 Å². The van der Waals surface area contributed by atoms with Gasteiger partial charge in [0.15, 0.2) is 0 Å². The fraction of sp³-hybridized carbons (Fsp3) is 0.286. The van der Waals surface area contributed by atoms with E-state index in [1.165, 1.54) is 4.88 Å². The van der Waals surface area contributed by atoms with Crippen LogP contribution in [0, 0.1) is 6.92 Å². The Morgan fingerprint density at radius 3 is 2.82 bits per heavy atom. The van der Waals surface area contributed by atoms with Crippen LogP contribution in [0.4, 0.5) is 0 Å². The molecule has 0 saturated carbocycles. The quantitative estimate of drug-likeness (QED) is 0.881. The first-order valence-electron chi connectivity index (χ1n) is 5.74. The summed E-state index contributed by atoms with van der Waals surface area (Å²) in [5.74, 6) is 0.957. The van der Waals surface area contributed by atoms with E-state index >= 15 is 0 Å². The minimum Gasteiger partial charge on any atom is -0.493 e. The third-order valence-electron chi connectivity index (χ3n) is 2.66. The van der Waals surface area contributed by atoms with Crippen molar-refractivity contribution in [3.63, 3.8) is 0 Å². The van der Waals surface area contributed by atoms with E-state index in [-0.39, 0.29) is 0 Å². The SMILES string of the molecule is Cc1cc(CN)ccc1OCCc1cccs1. The molecule has 17 heavy (non-hydrogen) atoms. The van der Waals surface area contributed by atoms with Gasteiger partial charge in [0.05, 0.1) is 6.61 Å². The minimum atomic E-state index is 0.580. The van der Waals surface area contributed by atoms with E-state index in [1.54, 1.807) is 11.3 Å². The fourth-order valence-corrected chi connectivity index (χ4v) is 2.41. The molecule has 0 unspecified atom stereocenters. The Morgan fingerprint density at radius 1 is 1.29 bits per heavy atom. The smallest absolute Gasteiger partial charge is 0.122 e. The molecular weight excluding hydrogens is 230 g/mol.